The molecule has 0 bridgehead atoms. The van der Waals surface area contributed by atoms with E-state index in [4.69, 9.17) is 11.6 Å². The van der Waals surface area contributed by atoms with E-state index in [9.17, 15) is 18.0 Å². The van der Waals surface area contributed by atoms with Crippen molar-refractivity contribution < 1.29 is 18.0 Å². The van der Waals surface area contributed by atoms with E-state index >= 15 is 0 Å². The van der Waals surface area contributed by atoms with Gasteiger partial charge in [0.25, 0.3) is 10.0 Å². The van der Waals surface area contributed by atoms with Crippen LogP contribution >= 0.6 is 11.6 Å². The molecule has 9 heteroatoms. The average Bonchev–Trinajstić information content (AvgIpc) is 2.95. The van der Waals surface area contributed by atoms with Crippen molar-refractivity contribution >= 4 is 39.1 Å². The first-order valence-electron chi connectivity index (χ1n) is 14.0. The smallest absolute Gasteiger partial charge is 0.264 e. The van der Waals surface area contributed by atoms with Crippen LogP contribution in [0.15, 0.2) is 77.7 Å². The van der Waals surface area contributed by atoms with E-state index in [0.29, 0.717) is 29.1 Å². The lowest BCUT2D eigenvalue weighted by Crippen LogP contribution is -2.54. The number of nitrogens with one attached hydrogen (secondary N) is 1. The molecule has 2 amide bonds. The van der Waals surface area contributed by atoms with Gasteiger partial charge in [0.15, 0.2) is 0 Å². The average molecular weight is 598 g/mol. The fraction of sp³-hybridized carbons (Fsp3) is 0.375. The summed E-state index contributed by atoms with van der Waals surface area (Å²) >= 11 is 6.30. The fourth-order valence-electron chi connectivity index (χ4n) is 4.54. The number of nitrogens with zero attached hydrogens (tertiary/aromatic N) is 2. The Kier molecular flexibility index (Phi) is 11.4. The van der Waals surface area contributed by atoms with Gasteiger partial charge in [0.1, 0.15) is 12.6 Å². The predicted octanol–water partition coefficient (Wildman–Crippen LogP) is 5.92. The Morgan fingerprint density at radius 1 is 0.927 bits per heavy atom. The number of hydrogen-bond donors (Lipinski definition) is 1. The van der Waals surface area contributed by atoms with Crippen LogP contribution in [0.5, 0.6) is 0 Å². The van der Waals surface area contributed by atoms with Crippen LogP contribution in [0.2, 0.25) is 5.02 Å². The Hall–Kier alpha value is -3.36. The number of carbonyl (C=O) groups excluding carboxylic acids is 2. The highest BCUT2D eigenvalue weighted by Gasteiger charge is 2.34. The summed E-state index contributed by atoms with van der Waals surface area (Å²) in [5, 5.41) is 3.34. The molecule has 0 fully saturated rings. The highest BCUT2D eigenvalue weighted by molar-refractivity contribution is 7.92. The van der Waals surface area contributed by atoms with Crippen molar-refractivity contribution in [2.24, 2.45) is 0 Å². The van der Waals surface area contributed by atoms with Crippen molar-refractivity contribution in [2.75, 3.05) is 17.4 Å². The van der Waals surface area contributed by atoms with E-state index < -0.39 is 28.5 Å². The SMILES string of the molecule is CC[C@@H](C)NC(=O)[C@H](CC)N(CCc1ccccc1)C(=O)CN(c1cc(Cl)ccc1C)S(=O)(=O)c1ccc(C)cc1. The van der Waals surface area contributed by atoms with Crippen LogP contribution in [-0.4, -0.2) is 50.3 Å². The summed E-state index contributed by atoms with van der Waals surface area (Å²) in [4.78, 5) is 29.1. The molecule has 0 spiro atoms. The number of hydrogen-bond acceptors (Lipinski definition) is 4. The van der Waals surface area contributed by atoms with E-state index in [-0.39, 0.29) is 23.4 Å². The van der Waals surface area contributed by atoms with E-state index in [2.05, 4.69) is 5.32 Å². The first kappa shape index (κ1) is 32.2. The molecule has 0 saturated carbocycles. The monoisotopic (exact) mass is 597 g/mol. The number of benzene rings is 3. The zero-order valence-electron chi connectivity index (χ0n) is 24.4. The van der Waals surface area contributed by atoms with E-state index in [1.54, 1.807) is 37.3 Å². The van der Waals surface area contributed by atoms with Gasteiger partial charge in [0, 0.05) is 17.6 Å². The topological polar surface area (TPSA) is 86.8 Å². The molecule has 0 saturated heterocycles. The van der Waals surface area contributed by atoms with E-state index in [1.807, 2.05) is 58.0 Å². The zero-order chi connectivity index (χ0) is 30.2. The number of carbonyl (C=O) groups is 2. The largest absolute Gasteiger partial charge is 0.352 e. The highest BCUT2D eigenvalue weighted by Crippen LogP contribution is 2.30. The van der Waals surface area contributed by atoms with Crippen molar-refractivity contribution in [3.63, 3.8) is 0 Å². The standard InChI is InChI=1S/C32H40ClN3O4S/c1-6-25(5)34-32(38)29(7-2)35(20-19-26-11-9-8-10-12-26)31(37)22-36(30-21-27(33)16-15-24(30)4)41(39,40)28-17-13-23(3)14-18-28/h8-18,21,25,29H,6-7,19-20,22H2,1-5H3,(H,34,38)/t25-,29+/m1/s1. The van der Waals surface area contributed by atoms with Crippen molar-refractivity contribution in [1.29, 1.82) is 0 Å². The summed E-state index contributed by atoms with van der Waals surface area (Å²) in [6.07, 6.45) is 1.64. The third-order valence-electron chi connectivity index (χ3n) is 7.20. The predicted molar refractivity (Wildman–Crippen MR) is 166 cm³/mol. The normalized spacial score (nSPS) is 12.8. The molecular formula is C32H40ClN3O4S. The lowest BCUT2D eigenvalue weighted by molar-refractivity contribution is -0.139. The van der Waals surface area contributed by atoms with Crippen LogP contribution in [0.3, 0.4) is 0 Å². The van der Waals surface area contributed by atoms with Gasteiger partial charge in [-0.25, -0.2) is 8.42 Å². The summed E-state index contributed by atoms with van der Waals surface area (Å²) < 4.78 is 29.2. The lowest BCUT2D eigenvalue weighted by Gasteiger charge is -2.34. The molecule has 0 aliphatic carbocycles. The van der Waals surface area contributed by atoms with E-state index in [1.165, 1.54) is 17.0 Å². The first-order chi connectivity index (χ1) is 19.5. The van der Waals surface area contributed by atoms with Gasteiger partial charge in [-0.1, -0.05) is 79.5 Å². The summed E-state index contributed by atoms with van der Waals surface area (Å²) in [7, 11) is -4.15. The van der Waals surface area contributed by atoms with Gasteiger partial charge in [-0.15, -0.1) is 0 Å². The van der Waals surface area contributed by atoms with Gasteiger partial charge < -0.3 is 10.2 Å². The van der Waals surface area contributed by atoms with Crippen LogP contribution in [0.1, 0.15) is 50.3 Å². The molecule has 3 aromatic rings. The molecule has 0 aliphatic heterocycles. The number of anilines is 1. The molecule has 3 aromatic carbocycles. The number of rotatable bonds is 13. The maximum atomic E-state index is 14.1. The van der Waals surface area contributed by atoms with Crippen molar-refractivity contribution in [3.8, 4) is 0 Å². The maximum Gasteiger partial charge on any atom is 0.264 e. The molecule has 0 heterocycles. The zero-order valence-corrected chi connectivity index (χ0v) is 26.0. The summed E-state index contributed by atoms with van der Waals surface area (Å²) in [6, 6.07) is 20.3. The van der Waals surface area contributed by atoms with Crippen molar-refractivity contribution in [1.82, 2.24) is 10.2 Å². The van der Waals surface area contributed by atoms with Crippen LogP contribution < -0.4 is 9.62 Å². The molecule has 2 atom stereocenters. The molecule has 0 radical (unpaired) electrons. The second-order valence-corrected chi connectivity index (χ2v) is 12.6. The van der Waals surface area contributed by atoms with Crippen molar-refractivity contribution in [3.05, 3.63) is 94.5 Å². The van der Waals surface area contributed by atoms with Crippen LogP contribution in [0.25, 0.3) is 0 Å². The molecule has 0 aromatic heterocycles. The Labute approximate surface area is 249 Å². The van der Waals surface area contributed by atoms with Gasteiger partial charge in [-0.05, 0) is 75.4 Å². The molecule has 220 valence electrons. The second-order valence-electron chi connectivity index (χ2n) is 10.3. The Bertz CT molecular complexity index is 1430. The number of halogens is 1. The van der Waals surface area contributed by atoms with Crippen LogP contribution in [-0.2, 0) is 26.0 Å². The minimum atomic E-state index is -4.15. The van der Waals surface area contributed by atoms with Gasteiger partial charge >= 0.3 is 0 Å². The third kappa shape index (κ3) is 8.33. The minimum Gasteiger partial charge on any atom is -0.352 e. The van der Waals surface area contributed by atoms with Crippen LogP contribution in [0.4, 0.5) is 5.69 Å². The third-order valence-corrected chi connectivity index (χ3v) is 9.21. The van der Waals surface area contributed by atoms with Gasteiger partial charge in [-0.3, -0.25) is 13.9 Å². The Morgan fingerprint density at radius 3 is 2.20 bits per heavy atom. The summed E-state index contributed by atoms with van der Waals surface area (Å²) in [5.74, 6) is -0.725. The van der Waals surface area contributed by atoms with E-state index in [0.717, 1.165) is 21.9 Å². The van der Waals surface area contributed by atoms with Crippen LogP contribution in [0, 0.1) is 13.8 Å². The fourth-order valence-corrected chi connectivity index (χ4v) is 6.18. The van der Waals surface area contributed by atoms with Gasteiger partial charge in [0.05, 0.1) is 10.6 Å². The maximum absolute atomic E-state index is 14.1. The molecule has 3 rings (SSSR count). The molecule has 7 nitrogen and oxygen atoms in total. The minimum absolute atomic E-state index is 0.0600. The molecule has 0 unspecified atom stereocenters. The molecule has 41 heavy (non-hydrogen) atoms. The summed E-state index contributed by atoms with van der Waals surface area (Å²) in [5.41, 5.74) is 2.88. The number of aryl methyl sites for hydroxylation is 2. The number of amides is 2. The van der Waals surface area contributed by atoms with Crippen molar-refractivity contribution in [2.45, 2.75) is 70.9 Å². The Morgan fingerprint density at radius 2 is 1.59 bits per heavy atom. The lowest BCUT2D eigenvalue weighted by atomic mass is 10.1. The number of sulfonamides is 1. The quantitative estimate of drug-likeness (QED) is 0.265. The summed E-state index contributed by atoms with van der Waals surface area (Å²) in [6.45, 7) is 9.16. The molecule has 1 N–H and O–H groups in total. The molecular weight excluding hydrogens is 558 g/mol. The van der Waals surface area contributed by atoms with Gasteiger partial charge in [0.2, 0.25) is 11.8 Å². The first-order valence-corrected chi connectivity index (χ1v) is 15.8. The molecule has 0 aliphatic rings. The highest BCUT2D eigenvalue weighted by atomic mass is 35.5. The second kappa shape index (κ2) is 14.5. The van der Waals surface area contributed by atoms with Gasteiger partial charge in [-0.2, -0.15) is 0 Å². The Balaban J connectivity index is 2.05.